The number of nitrogens with zero attached hydrogens (tertiary/aromatic N) is 1. The second-order valence-corrected chi connectivity index (χ2v) is 3.89. The van der Waals surface area contributed by atoms with Gasteiger partial charge in [0.1, 0.15) is 18.0 Å². The van der Waals surface area contributed by atoms with Crippen LogP contribution in [0, 0.1) is 10.1 Å². The zero-order chi connectivity index (χ0) is 13.7. The highest BCUT2D eigenvalue weighted by Gasteiger charge is 2.36. The van der Waals surface area contributed by atoms with E-state index in [1.807, 2.05) is 6.07 Å². The Labute approximate surface area is 108 Å². The third kappa shape index (κ3) is 4.43. The van der Waals surface area contributed by atoms with Crippen LogP contribution in [0.5, 0.6) is 5.75 Å². The topological polar surface area (TPSA) is 103 Å². The largest absolute Gasteiger partial charge is 0.487 e. The van der Waals surface area contributed by atoms with Gasteiger partial charge in [0.15, 0.2) is 0 Å². The highest BCUT2D eigenvalue weighted by Crippen LogP contribution is 2.22. The zero-order valence-electron chi connectivity index (χ0n) is 9.85. The number of para-hydroxylation sites is 1. The van der Waals surface area contributed by atoms with Gasteiger partial charge in [-0.25, -0.2) is 0 Å². The maximum absolute atomic E-state index is 11.4. The van der Waals surface area contributed by atoms with Crippen molar-refractivity contribution in [2.75, 3.05) is 6.61 Å². The minimum absolute atomic E-state index is 0.0899. The van der Waals surface area contributed by atoms with E-state index < -0.39 is 17.1 Å². The molecule has 1 amide bonds. The Hall–Kier alpha value is -2.35. The number of benzene rings is 1. The average molecular weight is 268 g/mol. The molecule has 1 heterocycles. The van der Waals surface area contributed by atoms with Crippen LogP contribution < -0.4 is 10.2 Å². The van der Waals surface area contributed by atoms with Crippen LogP contribution in [-0.2, 0) is 14.5 Å². The van der Waals surface area contributed by atoms with Gasteiger partial charge in [-0.05, 0) is 12.1 Å². The number of hydrogen-bond donors (Lipinski definition) is 1. The monoisotopic (exact) mass is 268 g/mol. The standard InChI is InChI=1S/C11H12N2O6/c14-11(12-19-13(15)16)6-9(10-7-17-10)18-8-4-2-1-3-5-8/h1-5,9-10H,6-7H2,(H,12,14). The molecule has 2 atom stereocenters. The van der Waals surface area contributed by atoms with Crippen molar-refractivity contribution < 1.29 is 24.3 Å². The van der Waals surface area contributed by atoms with Crippen molar-refractivity contribution in [2.24, 2.45) is 0 Å². The predicted molar refractivity (Wildman–Crippen MR) is 61.4 cm³/mol. The SMILES string of the molecule is O=C(CC(Oc1ccccc1)C1CO1)NO[N+](=O)[O-]. The minimum atomic E-state index is -1.10. The molecule has 0 saturated carbocycles. The second kappa shape index (κ2) is 6.01. The molecule has 102 valence electrons. The Morgan fingerprint density at radius 2 is 2.21 bits per heavy atom. The molecule has 0 radical (unpaired) electrons. The molecule has 2 unspecified atom stereocenters. The minimum Gasteiger partial charge on any atom is -0.487 e. The molecule has 0 spiro atoms. The van der Waals surface area contributed by atoms with Gasteiger partial charge in [-0.2, -0.15) is 10.4 Å². The molecular formula is C11H12N2O6. The Kier molecular flexibility index (Phi) is 4.14. The third-order valence-electron chi connectivity index (χ3n) is 2.43. The van der Waals surface area contributed by atoms with Crippen LogP contribution in [0.1, 0.15) is 6.42 Å². The van der Waals surface area contributed by atoms with E-state index in [2.05, 4.69) is 4.94 Å². The van der Waals surface area contributed by atoms with Gasteiger partial charge in [0, 0.05) is 0 Å². The lowest BCUT2D eigenvalue weighted by Gasteiger charge is -2.16. The van der Waals surface area contributed by atoms with Gasteiger partial charge >= 0.3 is 5.09 Å². The number of rotatable bonds is 7. The summed E-state index contributed by atoms with van der Waals surface area (Å²) in [6.07, 6.45) is -0.771. The van der Waals surface area contributed by atoms with Gasteiger partial charge in [0.25, 0.3) is 0 Å². The Bertz CT molecular complexity index is 448. The highest BCUT2D eigenvalue weighted by atomic mass is 17.0. The van der Waals surface area contributed by atoms with Crippen molar-refractivity contribution in [1.82, 2.24) is 5.48 Å². The van der Waals surface area contributed by atoms with Gasteiger partial charge in [-0.15, -0.1) is 10.1 Å². The molecule has 0 aliphatic carbocycles. The van der Waals surface area contributed by atoms with E-state index in [-0.39, 0.29) is 12.5 Å². The Balaban J connectivity index is 1.86. The zero-order valence-corrected chi connectivity index (χ0v) is 9.85. The summed E-state index contributed by atoms with van der Waals surface area (Å²) < 4.78 is 10.7. The van der Waals surface area contributed by atoms with Crippen LogP contribution >= 0.6 is 0 Å². The number of carbonyl (C=O) groups is 1. The second-order valence-electron chi connectivity index (χ2n) is 3.89. The van der Waals surface area contributed by atoms with Crippen molar-refractivity contribution in [3.63, 3.8) is 0 Å². The number of hydrogen-bond acceptors (Lipinski definition) is 6. The van der Waals surface area contributed by atoms with E-state index >= 15 is 0 Å². The molecule has 1 fully saturated rings. The first-order chi connectivity index (χ1) is 9.15. The Morgan fingerprint density at radius 1 is 1.53 bits per heavy atom. The van der Waals surface area contributed by atoms with E-state index in [1.54, 1.807) is 29.7 Å². The summed E-state index contributed by atoms with van der Waals surface area (Å²) in [4.78, 5) is 25.1. The molecule has 8 heteroatoms. The number of nitrogens with one attached hydrogen (secondary N) is 1. The predicted octanol–water partition coefficient (Wildman–Crippen LogP) is 0.462. The number of ether oxygens (including phenoxy) is 2. The summed E-state index contributed by atoms with van der Waals surface area (Å²) >= 11 is 0. The van der Waals surface area contributed by atoms with Crippen molar-refractivity contribution in [3.8, 4) is 5.75 Å². The van der Waals surface area contributed by atoms with Crippen LogP contribution in [0.4, 0.5) is 0 Å². The first-order valence-electron chi connectivity index (χ1n) is 5.58. The number of epoxide rings is 1. The van der Waals surface area contributed by atoms with Gasteiger partial charge < -0.3 is 9.47 Å². The summed E-state index contributed by atoms with van der Waals surface area (Å²) in [6.45, 7) is 0.501. The van der Waals surface area contributed by atoms with Crippen LogP contribution in [-0.4, -0.2) is 29.8 Å². The highest BCUT2D eigenvalue weighted by molar-refractivity contribution is 5.75. The molecule has 1 aliphatic rings. The molecule has 1 N–H and O–H groups in total. The fourth-order valence-electron chi connectivity index (χ4n) is 1.51. The molecule has 0 bridgehead atoms. The molecule has 1 aromatic rings. The molecular weight excluding hydrogens is 256 g/mol. The van der Waals surface area contributed by atoms with Gasteiger partial charge in [0.2, 0.25) is 5.91 Å². The van der Waals surface area contributed by atoms with Crippen molar-refractivity contribution in [3.05, 3.63) is 40.4 Å². The molecule has 1 aromatic carbocycles. The van der Waals surface area contributed by atoms with Crippen molar-refractivity contribution >= 4 is 5.91 Å². The first kappa shape index (κ1) is 13.1. The quantitative estimate of drug-likeness (QED) is 0.438. The maximum atomic E-state index is 11.4. The normalized spacial score (nSPS) is 18.2. The lowest BCUT2D eigenvalue weighted by atomic mass is 10.2. The fourth-order valence-corrected chi connectivity index (χ4v) is 1.51. The van der Waals surface area contributed by atoms with Crippen LogP contribution in [0.3, 0.4) is 0 Å². The number of amides is 1. The molecule has 0 aromatic heterocycles. The van der Waals surface area contributed by atoms with E-state index in [4.69, 9.17) is 9.47 Å². The fraction of sp³-hybridized carbons (Fsp3) is 0.364. The number of hydroxylamine groups is 1. The van der Waals surface area contributed by atoms with Crippen LogP contribution in [0.15, 0.2) is 30.3 Å². The molecule has 1 aliphatic heterocycles. The maximum Gasteiger partial charge on any atom is 0.316 e. The van der Waals surface area contributed by atoms with Gasteiger partial charge in [-0.3, -0.25) is 4.79 Å². The van der Waals surface area contributed by atoms with Crippen molar-refractivity contribution in [2.45, 2.75) is 18.6 Å². The molecule has 2 rings (SSSR count). The van der Waals surface area contributed by atoms with E-state index in [9.17, 15) is 14.9 Å². The summed E-state index contributed by atoms with van der Waals surface area (Å²) in [5.74, 6) is -0.0425. The summed E-state index contributed by atoms with van der Waals surface area (Å²) in [7, 11) is 0. The van der Waals surface area contributed by atoms with Gasteiger partial charge in [-0.1, -0.05) is 18.2 Å². The summed E-state index contributed by atoms with van der Waals surface area (Å²) in [5.41, 5.74) is 1.71. The lowest BCUT2D eigenvalue weighted by Crippen LogP contribution is -2.34. The smallest absolute Gasteiger partial charge is 0.316 e. The van der Waals surface area contributed by atoms with Crippen LogP contribution in [0.2, 0.25) is 0 Å². The summed E-state index contributed by atoms with van der Waals surface area (Å²) in [5, 5.41) is 8.84. The van der Waals surface area contributed by atoms with Gasteiger partial charge in [0.05, 0.1) is 13.0 Å². The van der Waals surface area contributed by atoms with E-state index in [0.717, 1.165) is 0 Å². The first-order valence-corrected chi connectivity index (χ1v) is 5.58. The summed E-state index contributed by atoms with van der Waals surface area (Å²) in [6, 6.07) is 8.95. The average Bonchev–Trinajstić information content (AvgIpc) is 3.21. The molecule has 1 saturated heterocycles. The number of carbonyl (C=O) groups excluding carboxylic acids is 1. The lowest BCUT2D eigenvalue weighted by molar-refractivity contribution is -0.772. The van der Waals surface area contributed by atoms with Crippen LogP contribution in [0.25, 0.3) is 0 Å². The third-order valence-corrected chi connectivity index (χ3v) is 2.43. The van der Waals surface area contributed by atoms with E-state index in [1.165, 1.54) is 0 Å². The molecule has 19 heavy (non-hydrogen) atoms. The molecule has 8 nitrogen and oxygen atoms in total. The van der Waals surface area contributed by atoms with Crippen molar-refractivity contribution in [1.29, 1.82) is 0 Å². The Morgan fingerprint density at radius 3 is 2.79 bits per heavy atom. The van der Waals surface area contributed by atoms with E-state index in [0.29, 0.717) is 12.4 Å².